The molecule has 1 aromatic rings. The van der Waals surface area contributed by atoms with Crippen LogP contribution in [0.3, 0.4) is 0 Å². The maximum Gasteiger partial charge on any atom is 0.244 e. The fraction of sp³-hybridized carbons (Fsp3) is 0.462. The molecule has 1 aromatic carbocycles. The highest BCUT2D eigenvalue weighted by Crippen LogP contribution is 2.23. The van der Waals surface area contributed by atoms with E-state index in [1.54, 1.807) is 12.1 Å². The van der Waals surface area contributed by atoms with Gasteiger partial charge in [-0.1, -0.05) is 19.1 Å². The summed E-state index contributed by atoms with van der Waals surface area (Å²) in [7, 11) is -3.60. The Balaban J connectivity index is 2.41. The fourth-order valence-corrected chi connectivity index (χ4v) is 3.97. The van der Waals surface area contributed by atoms with Crippen LogP contribution in [-0.2, 0) is 10.0 Å². The topological polar surface area (TPSA) is 73.2 Å². The van der Waals surface area contributed by atoms with E-state index >= 15 is 0 Å². The molecule has 19 heavy (non-hydrogen) atoms. The van der Waals surface area contributed by atoms with Gasteiger partial charge >= 0.3 is 0 Å². The SMILES string of the molecule is CCCN(C1CNC1)S(=O)(=O)c1ccccc1C#N. The summed E-state index contributed by atoms with van der Waals surface area (Å²) in [5, 5.41) is 12.1. The average Bonchev–Trinajstić information content (AvgIpc) is 2.36. The van der Waals surface area contributed by atoms with Crippen LogP contribution in [0.2, 0.25) is 0 Å². The molecule has 0 radical (unpaired) electrons. The Morgan fingerprint density at radius 3 is 2.63 bits per heavy atom. The molecule has 6 heteroatoms. The summed E-state index contributed by atoms with van der Waals surface area (Å²) in [4.78, 5) is 0.109. The van der Waals surface area contributed by atoms with Crippen molar-refractivity contribution in [1.29, 1.82) is 5.26 Å². The fourth-order valence-electron chi connectivity index (χ4n) is 2.11. The highest BCUT2D eigenvalue weighted by Gasteiger charge is 2.35. The van der Waals surface area contributed by atoms with Gasteiger partial charge < -0.3 is 5.32 Å². The van der Waals surface area contributed by atoms with Crippen LogP contribution in [0.1, 0.15) is 18.9 Å². The van der Waals surface area contributed by atoms with Crippen molar-refractivity contribution in [3.8, 4) is 6.07 Å². The lowest BCUT2D eigenvalue weighted by atomic mass is 10.2. The molecule has 0 aromatic heterocycles. The first-order valence-electron chi connectivity index (χ1n) is 6.33. The van der Waals surface area contributed by atoms with Gasteiger partial charge in [-0.15, -0.1) is 0 Å². The molecule has 0 aliphatic carbocycles. The number of sulfonamides is 1. The van der Waals surface area contributed by atoms with Crippen LogP contribution in [0.5, 0.6) is 0 Å². The van der Waals surface area contributed by atoms with E-state index in [1.807, 2.05) is 13.0 Å². The van der Waals surface area contributed by atoms with Crippen LogP contribution in [0.25, 0.3) is 0 Å². The highest BCUT2D eigenvalue weighted by atomic mass is 32.2. The van der Waals surface area contributed by atoms with Crippen molar-refractivity contribution in [3.63, 3.8) is 0 Å². The van der Waals surface area contributed by atoms with Gasteiger partial charge in [-0.2, -0.15) is 9.57 Å². The van der Waals surface area contributed by atoms with Gasteiger partial charge in [-0.3, -0.25) is 0 Å². The summed E-state index contributed by atoms with van der Waals surface area (Å²) in [5.41, 5.74) is 0.205. The van der Waals surface area contributed by atoms with Gasteiger partial charge in [-0.05, 0) is 18.6 Å². The van der Waals surface area contributed by atoms with Gasteiger partial charge in [0.15, 0.2) is 0 Å². The molecule has 1 heterocycles. The van der Waals surface area contributed by atoms with Crippen molar-refractivity contribution in [2.45, 2.75) is 24.3 Å². The van der Waals surface area contributed by atoms with Gasteiger partial charge in [-0.25, -0.2) is 8.42 Å². The van der Waals surface area contributed by atoms with E-state index in [-0.39, 0.29) is 16.5 Å². The number of nitrogens with one attached hydrogen (secondary N) is 1. The molecule has 5 nitrogen and oxygen atoms in total. The Bertz CT molecular complexity index is 588. The van der Waals surface area contributed by atoms with E-state index in [1.165, 1.54) is 16.4 Å². The smallest absolute Gasteiger partial charge is 0.244 e. The first-order chi connectivity index (χ1) is 9.11. The molecule has 1 fully saturated rings. The number of nitriles is 1. The van der Waals surface area contributed by atoms with E-state index in [0.29, 0.717) is 19.6 Å². The summed E-state index contributed by atoms with van der Waals surface area (Å²) in [5.74, 6) is 0. The molecule has 1 N–H and O–H groups in total. The number of benzene rings is 1. The summed E-state index contributed by atoms with van der Waals surface area (Å²) in [6.07, 6.45) is 0.754. The average molecular weight is 279 g/mol. The third kappa shape index (κ3) is 2.63. The van der Waals surface area contributed by atoms with Crippen molar-refractivity contribution >= 4 is 10.0 Å². The minimum absolute atomic E-state index is 0.00306. The van der Waals surface area contributed by atoms with E-state index in [0.717, 1.165) is 6.42 Å². The molecule has 1 aliphatic rings. The van der Waals surface area contributed by atoms with Crippen molar-refractivity contribution in [2.75, 3.05) is 19.6 Å². The second kappa shape index (κ2) is 5.70. The molecule has 1 saturated heterocycles. The van der Waals surface area contributed by atoms with E-state index in [9.17, 15) is 8.42 Å². The van der Waals surface area contributed by atoms with Crippen LogP contribution < -0.4 is 5.32 Å². The lowest BCUT2D eigenvalue weighted by Crippen LogP contribution is -2.58. The van der Waals surface area contributed by atoms with Crippen molar-refractivity contribution in [3.05, 3.63) is 29.8 Å². The third-order valence-electron chi connectivity index (χ3n) is 3.21. The third-order valence-corrected chi connectivity index (χ3v) is 5.22. The zero-order valence-corrected chi connectivity index (χ0v) is 11.7. The normalized spacial score (nSPS) is 16.1. The maximum absolute atomic E-state index is 12.7. The molecule has 102 valence electrons. The van der Waals surface area contributed by atoms with Gasteiger partial charge in [0.25, 0.3) is 0 Å². The first kappa shape index (κ1) is 14.0. The summed E-state index contributed by atoms with van der Waals surface area (Å²) in [6, 6.07) is 8.31. The number of hydrogen-bond donors (Lipinski definition) is 1. The molecule has 0 spiro atoms. The van der Waals surface area contributed by atoms with Crippen molar-refractivity contribution in [2.24, 2.45) is 0 Å². The summed E-state index contributed by atoms with van der Waals surface area (Å²) in [6.45, 7) is 3.78. The molecular formula is C13H17N3O2S. The van der Waals surface area contributed by atoms with E-state index in [4.69, 9.17) is 5.26 Å². The van der Waals surface area contributed by atoms with Gasteiger partial charge in [0.2, 0.25) is 10.0 Å². The van der Waals surface area contributed by atoms with E-state index in [2.05, 4.69) is 5.32 Å². The minimum Gasteiger partial charge on any atom is -0.313 e. The van der Waals surface area contributed by atoms with Gasteiger partial charge in [0.05, 0.1) is 16.5 Å². The number of nitrogens with zero attached hydrogens (tertiary/aromatic N) is 2. The van der Waals surface area contributed by atoms with Crippen LogP contribution in [-0.4, -0.2) is 38.4 Å². The first-order valence-corrected chi connectivity index (χ1v) is 7.77. The standard InChI is InChI=1S/C13H17N3O2S/c1-2-7-16(12-9-15-10-12)19(17,18)13-6-4-3-5-11(13)8-14/h3-6,12,15H,2,7,9-10H2,1H3. The van der Waals surface area contributed by atoms with Crippen LogP contribution in [0.15, 0.2) is 29.2 Å². The van der Waals surface area contributed by atoms with Crippen LogP contribution >= 0.6 is 0 Å². The molecule has 1 aliphatic heterocycles. The summed E-state index contributed by atoms with van der Waals surface area (Å²) < 4.78 is 26.9. The van der Waals surface area contributed by atoms with Gasteiger partial charge in [0.1, 0.15) is 6.07 Å². The largest absolute Gasteiger partial charge is 0.313 e. The predicted molar refractivity (Wildman–Crippen MR) is 72.0 cm³/mol. The molecule has 0 amide bonds. The Morgan fingerprint density at radius 2 is 2.11 bits per heavy atom. The van der Waals surface area contributed by atoms with Gasteiger partial charge in [0, 0.05) is 19.6 Å². The van der Waals surface area contributed by atoms with E-state index < -0.39 is 10.0 Å². The molecular weight excluding hydrogens is 262 g/mol. The molecule has 2 rings (SSSR count). The van der Waals surface area contributed by atoms with Crippen molar-refractivity contribution < 1.29 is 8.42 Å². The summed E-state index contributed by atoms with van der Waals surface area (Å²) >= 11 is 0. The molecule has 0 atom stereocenters. The minimum atomic E-state index is -3.60. The highest BCUT2D eigenvalue weighted by molar-refractivity contribution is 7.89. The Kier molecular flexibility index (Phi) is 4.20. The molecule has 0 saturated carbocycles. The number of hydrogen-bond acceptors (Lipinski definition) is 4. The molecule has 0 unspecified atom stereocenters. The molecule has 0 bridgehead atoms. The van der Waals surface area contributed by atoms with Crippen LogP contribution in [0.4, 0.5) is 0 Å². The monoisotopic (exact) mass is 279 g/mol. The quantitative estimate of drug-likeness (QED) is 0.870. The number of rotatable bonds is 5. The Hall–Kier alpha value is -1.42. The van der Waals surface area contributed by atoms with Crippen LogP contribution in [0, 0.1) is 11.3 Å². The maximum atomic E-state index is 12.7. The van der Waals surface area contributed by atoms with Crippen molar-refractivity contribution in [1.82, 2.24) is 9.62 Å². The Labute approximate surface area is 113 Å². The predicted octanol–water partition coefficient (Wildman–Crippen LogP) is 0.931. The lowest BCUT2D eigenvalue weighted by molar-refractivity contribution is 0.242. The lowest BCUT2D eigenvalue weighted by Gasteiger charge is -2.37. The second-order valence-corrected chi connectivity index (χ2v) is 6.39. The zero-order chi connectivity index (χ0) is 13.9. The zero-order valence-electron chi connectivity index (χ0n) is 10.8. The second-order valence-electron chi connectivity index (χ2n) is 4.54. The Morgan fingerprint density at radius 1 is 1.42 bits per heavy atom.